The number of hydrogen-bond donors (Lipinski definition) is 4. The van der Waals surface area contributed by atoms with Gasteiger partial charge in [-0.15, -0.1) is 0 Å². The van der Waals surface area contributed by atoms with Crippen molar-refractivity contribution < 1.29 is 41.8 Å². The van der Waals surface area contributed by atoms with Crippen LogP contribution in [0.3, 0.4) is 0 Å². The van der Waals surface area contributed by atoms with Crippen molar-refractivity contribution in [3.8, 4) is 0 Å². The van der Waals surface area contributed by atoms with Crippen LogP contribution in [0.5, 0.6) is 0 Å². The highest BCUT2D eigenvalue weighted by atomic mass is 19.3. The van der Waals surface area contributed by atoms with Crippen LogP contribution in [0.2, 0.25) is 0 Å². The van der Waals surface area contributed by atoms with E-state index in [1.165, 1.54) is 29.5 Å². The Hall–Kier alpha value is -4.01. The molecule has 3 atom stereocenters. The van der Waals surface area contributed by atoms with Crippen LogP contribution in [0.15, 0.2) is 30.6 Å². The second kappa shape index (κ2) is 15.5. The Morgan fingerprint density at radius 2 is 1.72 bits per heavy atom. The van der Waals surface area contributed by atoms with Gasteiger partial charge in [-0.25, -0.2) is 8.78 Å². The number of piperidine rings is 1. The van der Waals surface area contributed by atoms with Gasteiger partial charge in [0.05, 0.1) is 23.0 Å². The Balaban J connectivity index is 1.56. The molecule has 0 unspecified atom stereocenters. The molecule has 1 aromatic carbocycles. The molecule has 4 N–H and O–H groups in total. The summed E-state index contributed by atoms with van der Waals surface area (Å²) in [7, 11) is 0. The second-order valence-corrected chi connectivity index (χ2v) is 14.0. The summed E-state index contributed by atoms with van der Waals surface area (Å²) >= 11 is 0. The Morgan fingerprint density at radius 3 is 2.28 bits per heavy atom. The molecule has 0 spiro atoms. The van der Waals surface area contributed by atoms with E-state index in [1.54, 1.807) is 13.8 Å². The molecule has 11 nitrogen and oxygen atoms in total. The van der Waals surface area contributed by atoms with Crippen molar-refractivity contribution in [2.75, 3.05) is 18.4 Å². The number of nitrogens with one attached hydrogen (secondary N) is 3. The third-order valence-corrected chi connectivity index (χ3v) is 10.1. The van der Waals surface area contributed by atoms with Gasteiger partial charge in [-0.1, -0.05) is 39.7 Å². The minimum Gasteiger partial charge on any atom is -0.390 e. The highest BCUT2D eigenvalue weighted by Crippen LogP contribution is 2.36. The quantitative estimate of drug-likeness (QED) is 0.185. The van der Waals surface area contributed by atoms with Crippen LogP contribution in [0.25, 0.3) is 0 Å². The van der Waals surface area contributed by atoms with E-state index < -0.39 is 70.2 Å². The maximum atomic E-state index is 16.7. The van der Waals surface area contributed by atoms with E-state index in [4.69, 9.17) is 0 Å². The number of aryl methyl sites for hydroxylation is 1. The Labute approximate surface area is 289 Å². The predicted octanol–water partition coefficient (Wildman–Crippen LogP) is 4.75. The number of nitrogens with zero attached hydrogens (tertiary/aromatic N) is 3. The summed E-state index contributed by atoms with van der Waals surface area (Å²) in [5, 5.41) is 20.9. The van der Waals surface area contributed by atoms with E-state index in [9.17, 15) is 24.3 Å². The standard InChI is InChI=1S/C35H48F4N6O5/c1-6-28(46)43-35(39,32(49)44-16-14-33(5,50)15-17-44)22(4)24-12-13-27(26(36)18-24)41-30(47)29(23-10-8-21(3)9-11-23)42-31(48)34(37,38)25-19-40-45(7-2)20-25/h12-13,18-23,29,50H,6-11,14-17H2,1-5H3,(H,41,47)(H,42,48)(H,43,46)/t21-,22-,23-,29-,35+/m0/s1. The average Bonchev–Trinajstić information content (AvgIpc) is 3.58. The highest BCUT2D eigenvalue weighted by Gasteiger charge is 2.50. The van der Waals surface area contributed by atoms with Gasteiger partial charge in [0, 0.05) is 38.2 Å². The minimum absolute atomic E-state index is 0.00449. The number of benzene rings is 1. The van der Waals surface area contributed by atoms with Crippen molar-refractivity contribution >= 4 is 29.3 Å². The fourth-order valence-electron chi connectivity index (χ4n) is 6.48. The number of carbonyl (C=O) groups excluding carboxylic acids is 4. The molecule has 2 aromatic rings. The fraction of sp³-hybridized carbons (Fsp3) is 0.629. The van der Waals surface area contributed by atoms with Gasteiger partial charge in [0.1, 0.15) is 11.9 Å². The van der Waals surface area contributed by atoms with E-state index >= 15 is 17.6 Å². The summed E-state index contributed by atoms with van der Waals surface area (Å²) in [5.74, 6) is -13.8. The molecular formula is C35H48F4N6O5. The lowest BCUT2D eigenvalue weighted by molar-refractivity contribution is -0.155. The van der Waals surface area contributed by atoms with Crippen molar-refractivity contribution in [3.63, 3.8) is 0 Å². The largest absolute Gasteiger partial charge is 0.390 e. The van der Waals surface area contributed by atoms with E-state index in [0.717, 1.165) is 24.5 Å². The molecular weight excluding hydrogens is 660 g/mol. The van der Waals surface area contributed by atoms with Crippen molar-refractivity contribution in [2.45, 2.75) is 115 Å². The van der Waals surface area contributed by atoms with Gasteiger partial charge >= 0.3 is 5.92 Å². The van der Waals surface area contributed by atoms with E-state index in [-0.39, 0.29) is 43.6 Å². The van der Waals surface area contributed by atoms with Gasteiger partial charge in [-0.2, -0.15) is 13.9 Å². The molecule has 0 radical (unpaired) electrons. The number of amides is 4. The van der Waals surface area contributed by atoms with Gasteiger partial charge in [0.15, 0.2) is 0 Å². The van der Waals surface area contributed by atoms with Crippen LogP contribution < -0.4 is 16.0 Å². The van der Waals surface area contributed by atoms with Gasteiger partial charge < -0.3 is 26.0 Å². The molecule has 2 aliphatic rings. The third kappa shape index (κ3) is 8.64. The first-order chi connectivity index (χ1) is 23.4. The summed E-state index contributed by atoms with van der Waals surface area (Å²) < 4.78 is 64.1. The van der Waals surface area contributed by atoms with Crippen LogP contribution in [0.1, 0.15) is 96.6 Å². The Kier molecular flexibility index (Phi) is 12.0. The summed E-state index contributed by atoms with van der Waals surface area (Å²) in [6, 6.07) is 1.96. The summed E-state index contributed by atoms with van der Waals surface area (Å²) in [6.45, 7) is 8.58. The van der Waals surface area contributed by atoms with Gasteiger partial charge in [-0.3, -0.25) is 23.9 Å². The zero-order valence-corrected chi connectivity index (χ0v) is 29.2. The number of carbonyl (C=O) groups is 4. The molecule has 2 fully saturated rings. The number of alkyl halides is 3. The molecule has 1 saturated carbocycles. The van der Waals surface area contributed by atoms with E-state index in [1.807, 2.05) is 6.92 Å². The van der Waals surface area contributed by atoms with Crippen molar-refractivity contribution in [2.24, 2.45) is 11.8 Å². The second-order valence-electron chi connectivity index (χ2n) is 14.0. The van der Waals surface area contributed by atoms with Crippen LogP contribution in [-0.2, 0) is 31.6 Å². The predicted molar refractivity (Wildman–Crippen MR) is 177 cm³/mol. The Morgan fingerprint density at radius 1 is 1.08 bits per heavy atom. The first-order valence-electron chi connectivity index (χ1n) is 17.3. The van der Waals surface area contributed by atoms with Gasteiger partial charge in [0.2, 0.25) is 11.8 Å². The number of likely N-dealkylation sites (tertiary alicyclic amines) is 1. The molecule has 1 aromatic heterocycles. The zero-order chi connectivity index (χ0) is 37.0. The maximum absolute atomic E-state index is 16.7. The van der Waals surface area contributed by atoms with Crippen molar-refractivity contribution in [3.05, 3.63) is 47.5 Å². The van der Waals surface area contributed by atoms with Crippen molar-refractivity contribution in [1.29, 1.82) is 0 Å². The fourth-order valence-corrected chi connectivity index (χ4v) is 6.48. The summed E-state index contributed by atoms with van der Waals surface area (Å²) in [5.41, 5.74) is -2.00. The number of halogens is 4. The molecule has 2 heterocycles. The molecule has 0 bridgehead atoms. The molecule has 4 rings (SSSR count). The number of aromatic nitrogens is 2. The smallest absolute Gasteiger partial charge is 0.352 e. The van der Waals surface area contributed by atoms with Gasteiger partial charge in [0.25, 0.3) is 17.6 Å². The van der Waals surface area contributed by atoms with E-state index in [0.29, 0.717) is 38.1 Å². The maximum Gasteiger partial charge on any atom is 0.352 e. The topological polar surface area (TPSA) is 146 Å². The SMILES string of the molecule is CCC(=O)N[C@@](F)(C(=O)N1CCC(C)(O)CC1)[C@@H](C)c1ccc(NC(=O)[C@@H](NC(=O)C(F)(F)c2cnn(CC)c2)[C@H]2CC[C@H](C)CC2)c(F)c1. The lowest BCUT2D eigenvalue weighted by Crippen LogP contribution is -2.61. The number of rotatable bonds is 12. The molecule has 1 aliphatic heterocycles. The van der Waals surface area contributed by atoms with Crippen molar-refractivity contribution in [1.82, 2.24) is 25.3 Å². The summed E-state index contributed by atoms with van der Waals surface area (Å²) in [6.07, 6.45) is 4.60. The molecule has 1 saturated heterocycles. The highest BCUT2D eigenvalue weighted by molar-refractivity contribution is 5.98. The minimum atomic E-state index is -3.99. The first kappa shape index (κ1) is 38.8. The third-order valence-electron chi connectivity index (χ3n) is 10.1. The molecule has 15 heteroatoms. The lowest BCUT2D eigenvalue weighted by Gasteiger charge is -2.40. The zero-order valence-electron chi connectivity index (χ0n) is 29.2. The molecule has 276 valence electrons. The average molecular weight is 709 g/mol. The molecule has 4 amide bonds. The molecule has 1 aliphatic carbocycles. The normalized spacial score (nSPS) is 21.8. The summed E-state index contributed by atoms with van der Waals surface area (Å²) in [4.78, 5) is 53.7. The van der Waals surface area contributed by atoms with Crippen LogP contribution in [0, 0.1) is 17.7 Å². The van der Waals surface area contributed by atoms with Crippen LogP contribution >= 0.6 is 0 Å². The van der Waals surface area contributed by atoms with Crippen LogP contribution in [0.4, 0.5) is 23.2 Å². The number of anilines is 1. The van der Waals surface area contributed by atoms with Crippen LogP contribution in [-0.4, -0.2) is 73.9 Å². The van der Waals surface area contributed by atoms with Gasteiger partial charge in [-0.05, 0) is 69.1 Å². The lowest BCUT2D eigenvalue weighted by atomic mass is 9.79. The monoisotopic (exact) mass is 708 g/mol. The first-order valence-corrected chi connectivity index (χ1v) is 17.3. The number of hydrogen-bond acceptors (Lipinski definition) is 6. The van der Waals surface area contributed by atoms with E-state index in [2.05, 4.69) is 21.0 Å². The Bertz CT molecular complexity index is 1550. The number of aliphatic hydroxyl groups is 1. The molecule has 50 heavy (non-hydrogen) atoms.